The molecule has 2 aliphatic rings. The molecule has 2 N–H and O–H groups in total. The van der Waals surface area contributed by atoms with Crippen LogP contribution in [0.15, 0.2) is 23.0 Å². The first-order chi connectivity index (χ1) is 18.8. The molecule has 3 heterocycles. The number of nitrogens with one attached hydrogen (secondary N) is 2. The van der Waals surface area contributed by atoms with E-state index in [0.29, 0.717) is 23.1 Å². The molecule has 2 aromatic rings. The second-order valence-corrected chi connectivity index (χ2v) is 10.9. The highest BCUT2D eigenvalue weighted by molar-refractivity contribution is 5.97. The van der Waals surface area contributed by atoms with Crippen LogP contribution in [-0.2, 0) is 11.3 Å². The number of hydrogen-bond donors (Lipinski definition) is 2. The average Bonchev–Trinajstić information content (AvgIpc) is 2.93. The number of carbonyl (C=O) groups is 1. The first-order valence-electron chi connectivity index (χ1n) is 14.5. The van der Waals surface area contributed by atoms with E-state index >= 15 is 0 Å². The summed E-state index contributed by atoms with van der Waals surface area (Å²) in [5.41, 5.74) is 5.60. The summed E-state index contributed by atoms with van der Waals surface area (Å²) in [6, 6.07) is 6.38. The Labute approximate surface area is 233 Å². The van der Waals surface area contributed by atoms with Crippen LogP contribution in [0.3, 0.4) is 0 Å². The molecular weight excluding hydrogens is 488 g/mol. The fraction of sp³-hybridized carbons (Fsp3) is 0.562. The lowest BCUT2D eigenvalue weighted by atomic mass is 9.95. The fourth-order valence-electron chi connectivity index (χ4n) is 5.87. The number of pyridine rings is 1. The molecule has 0 atom stereocenters. The monoisotopic (exact) mass is 532 g/mol. The maximum absolute atomic E-state index is 13.6. The molecule has 1 amide bonds. The van der Waals surface area contributed by atoms with Gasteiger partial charge in [0, 0.05) is 66.3 Å². The Morgan fingerprint density at radius 2 is 1.82 bits per heavy atom. The van der Waals surface area contributed by atoms with Gasteiger partial charge in [-0.1, -0.05) is 18.8 Å². The first kappa shape index (κ1) is 28.9. The standard InChI is InChI=1S/C32H44N4O3/c1-6-35-14-10-25(11-15-35)8-9-26-19-28(31(37)33-21-29-22(3)18-23(4)34-32(29)38)24(5)30(20-26)36(7-2)27-12-16-39-17-13-27/h18-20,25,27H,6-7,10-17,21H2,1-5H3,(H,33,37)(H,34,38). The number of H-pyrrole nitrogens is 1. The zero-order chi connectivity index (χ0) is 27.9. The lowest BCUT2D eigenvalue weighted by molar-refractivity contribution is 0.0845. The van der Waals surface area contributed by atoms with E-state index in [1.54, 1.807) is 0 Å². The van der Waals surface area contributed by atoms with Gasteiger partial charge in [0.15, 0.2) is 0 Å². The SMILES string of the molecule is CCN1CCC(C#Cc2cc(C(=O)NCc3c(C)cc(C)[nH]c3=O)c(C)c(N(CC)C3CCOCC3)c2)CC1. The number of aromatic nitrogens is 1. The topological polar surface area (TPSA) is 77.7 Å². The zero-order valence-electron chi connectivity index (χ0n) is 24.3. The van der Waals surface area contributed by atoms with Crippen molar-refractivity contribution in [3.05, 3.63) is 62.1 Å². The van der Waals surface area contributed by atoms with Gasteiger partial charge in [-0.25, -0.2) is 0 Å². The third kappa shape index (κ3) is 7.12. The number of rotatable bonds is 7. The zero-order valence-corrected chi connectivity index (χ0v) is 24.3. The molecule has 0 saturated carbocycles. The van der Waals surface area contributed by atoms with Crippen molar-refractivity contribution in [2.24, 2.45) is 5.92 Å². The van der Waals surface area contributed by atoms with Crippen LogP contribution in [0.2, 0.25) is 0 Å². The minimum absolute atomic E-state index is 0.157. The van der Waals surface area contributed by atoms with Gasteiger partial charge in [-0.2, -0.15) is 0 Å². The molecule has 0 aliphatic carbocycles. The Hall–Kier alpha value is -3.08. The molecule has 1 aromatic carbocycles. The van der Waals surface area contributed by atoms with Crippen LogP contribution in [0, 0.1) is 38.5 Å². The smallest absolute Gasteiger partial charge is 0.253 e. The summed E-state index contributed by atoms with van der Waals surface area (Å²) < 4.78 is 5.62. The second kappa shape index (κ2) is 13.3. The van der Waals surface area contributed by atoms with Crippen LogP contribution >= 0.6 is 0 Å². The van der Waals surface area contributed by atoms with Gasteiger partial charge >= 0.3 is 0 Å². The van der Waals surface area contributed by atoms with E-state index in [-0.39, 0.29) is 18.0 Å². The molecule has 2 saturated heterocycles. The molecule has 7 heteroatoms. The fourth-order valence-corrected chi connectivity index (χ4v) is 5.87. The molecule has 2 aliphatic heterocycles. The van der Waals surface area contributed by atoms with E-state index in [9.17, 15) is 9.59 Å². The Balaban J connectivity index is 1.64. The van der Waals surface area contributed by atoms with Crippen molar-refractivity contribution in [3.63, 3.8) is 0 Å². The summed E-state index contributed by atoms with van der Waals surface area (Å²) >= 11 is 0. The number of nitrogens with zero attached hydrogens (tertiary/aromatic N) is 2. The van der Waals surface area contributed by atoms with Crippen molar-refractivity contribution in [3.8, 4) is 11.8 Å². The number of ether oxygens (including phenoxy) is 1. The van der Waals surface area contributed by atoms with Crippen LogP contribution in [0.4, 0.5) is 5.69 Å². The van der Waals surface area contributed by atoms with Gasteiger partial charge < -0.3 is 24.8 Å². The maximum Gasteiger partial charge on any atom is 0.253 e. The molecule has 39 heavy (non-hydrogen) atoms. The summed E-state index contributed by atoms with van der Waals surface area (Å²) in [5, 5.41) is 3.01. The number of carbonyl (C=O) groups excluding carboxylic acids is 1. The number of piperidine rings is 1. The average molecular weight is 533 g/mol. The van der Waals surface area contributed by atoms with Crippen molar-refractivity contribution in [2.45, 2.75) is 72.9 Å². The molecule has 2 fully saturated rings. The minimum atomic E-state index is -0.184. The van der Waals surface area contributed by atoms with Crippen LogP contribution in [0.5, 0.6) is 0 Å². The number of likely N-dealkylation sites (tertiary alicyclic amines) is 1. The minimum Gasteiger partial charge on any atom is -0.381 e. The van der Waals surface area contributed by atoms with Gasteiger partial charge in [0.05, 0.1) is 0 Å². The van der Waals surface area contributed by atoms with E-state index in [2.05, 4.69) is 51.9 Å². The summed E-state index contributed by atoms with van der Waals surface area (Å²) in [5.74, 6) is 7.15. The van der Waals surface area contributed by atoms with Gasteiger partial charge in [-0.15, -0.1) is 0 Å². The predicted molar refractivity (Wildman–Crippen MR) is 157 cm³/mol. The summed E-state index contributed by atoms with van der Waals surface area (Å²) in [6.07, 6.45) is 4.10. The Kier molecular flexibility index (Phi) is 9.88. The molecular formula is C32H44N4O3. The Bertz CT molecular complexity index is 1270. The van der Waals surface area contributed by atoms with Gasteiger partial charge in [-0.05, 0) is 102 Å². The van der Waals surface area contributed by atoms with Crippen molar-refractivity contribution < 1.29 is 9.53 Å². The van der Waals surface area contributed by atoms with Gasteiger partial charge in [0.2, 0.25) is 0 Å². The highest BCUT2D eigenvalue weighted by atomic mass is 16.5. The molecule has 210 valence electrons. The van der Waals surface area contributed by atoms with Gasteiger partial charge in [-0.3, -0.25) is 9.59 Å². The second-order valence-electron chi connectivity index (χ2n) is 10.9. The maximum atomic E-state index is 13.6. The number of aromatic amines is 1. The van der Waals surface area contributed by atoms with Gasteiger partial charge in [0.25, 0.3) is 11.5 Å². The summed E-state index contributed by atoms with van der Waals surface area (Å²) in [4.78, 5) is 33.8. The number of amides is 1. The van der Waals surface area contributed by atoms with Crippen LogP contribution in [0.25, 0.3) is 0 Å². The summed E-state index contributed by atoms with van der Waals surface area (Å²) in [6.45, 7) is 16.0. The molecule has 0 unspecified atom stereocenters. The van der Waals surface area contributed by atoms with E-state index in [4.69, 9.17) is 4.74 Å². The molecule has 0 bridgehead atoms. The van der Waals surface area contributed by atoms with E-state index in [1.165, 1.54) is 0 Å². The highest BCUT2D eigenvalue weighted by Crippen LogP contribution is 2.30. The number of benzene rings is 1. The number of hydrogen-bond acceptors (Lipinski definition) is 5. The lowest BCUT2D eigenvalue weighted by Gasteiger charge is -2.36. The van der Waals surface area contributed by atoms with Crippen LogP contribution < -0.4 is 15.8 Å². The van der Waals surface area contributed by atoms with E-state index in [0.717, 1.165) is 93.1 Å². The first-order valence-corrected chi connectivity index (χ1v) is 14.5. The van der Waals surface area contributed by atoms with Crippen molar-refractivity contribution >= 4 is 11.6 Å². The Morgan fingerprint density at radius 3 is 2.46 bits per heavy atom. The van der Waals surface area contributed by atoms with Crippen molar-refractivity contribution in [1.29, 1.82) is 0 Å². The van der Waals surface area contributed by atoms with Gasteiger partial charge in [0.1, 0.15) is 0 Å². The molecule has 1 aromatic heterocycles. The number of anilines is 1. The summed E-state index contributed by atoms with van der Waals surface area (Å²) in [7, 11) is 0. The quantitative estimate of drug-likeness (QED) is 0.520. The van der Waals surface area contributed by atoms with Crippen LogP contribution in [0.1, 0.15) is 77.8 Å². The molecule has 4 rings (SSSR count). The molecule has 0 radical (unpaired) electrons. The molecule has 0 spiro atoms. The normalized spacial score (nSPS) is 16.9. The van der Waals surface area contributed by atoms with Crippen LogP contribution in [-0.4, -0.2) is 61.2 Å². The lowest BCUT2D eigenvalue weighted by Crippen LogP contribution is -2.40. The van der Waals surface area contributed by atoms with E-state index in [1.807, 2.05) is 32.9 Å². The van der Waals surface area contributed by atoms with E-state index < -0.39 is 0 Å². The Morgan fingerprint density at radius 1 is 1.10 bits per heavy atom. The third-order valence-corrected chi connectivity index (χ3v) is 8.28. The highest BCUT2D eigenvalue weighted by Gasteiger charge is 2.25. The molecule has 7 nitrogen and oxygen atoms in total. The van der Waals surface area contributed by atoms with Crippen molar-refractivity contribution in [2.75, 3.05) is 44.3 Å². The third-order valence-electron chi connectivity index (χ3n) is 8.28. The largest absolute Gasteiger partial charge is 0.381 e. The van der Waals surface area contributed by atoms with Crippen molar-refractivity contribution in [1.82, 2.24) is 15.2 Å². The number of aryl methyl sites for hydroxylation is 2. The predicted octanol–water partition coefficient (Wildman–Crippen LogP) is 4.32.